The highest BCUT2D eigenvalue weighted by Crippen LogP contribution is 2.26. The van der Waals surface area contributed by atoms with Gasteiger partial charge in [0.05, 0.1) is 16.4 Å². The van der Waals surface area contributed by atoms with Crippen LogP contribution in [-0.2, 0) is 11.8 Å². The monoisotopic (exact) mass is 243 g/mol. The fourth-order valence-corrected chi connectivity index (χ4v) is 2.17. The van der Waals surface area contributed by atoms with Gasteiger partial charge in [-0.05, 0) is 15.9 Å². The van der Waals surface area contributed by atoms with Gasteiger partial charge in [0.1, 0.15) is 6.04 Å². The Morgan fingerprint density at radius 2 is 2.54 bits per heavy atom. The first-order valence-electron chi connectivity index (χ1n) is 4.13. The Morgan fingerprint density at radius 1 is 1.77 bits per heavy atom. The first-order valence-corrected chi connectivity index (χ1v) is 4.93. The predicted molar refractivity (Wildman–Crippen MR) is 51.3 cm³/mol. The second-order valence-corrected chi connectivity index (χ2v) is 3.96. The minimum Gasteiger partial charge on any atom is -0.302 e. The standard InChI is InChI=1S/C8H10BrN3O/c1-12-8(5(9)4-11-12)7-6(13)2-3-10-7/h4,7,10H,2-3H2,1H3. The number of hydrogen-bond acceptors (Lipinski definition) is 3. The summed E-state index contributed by atoms with van der Waals surface area (Å²) in [5, 5.41) is 7.22. The third kappa shape index (κ3) is 1.42. The van der Waals surface area contributed by atoms with Crippen molar-refractivity contribution in [2.45, 2.75) is 12.5 Å². The van der Waals surface area contributed by atoms with E-state index in [4.69, 9.17) is 0 Å². The van der Waals surface area contributed by atoms with E-state index < -0.39 is 0 Å². The minimum atomic E-state index is -0.179. The van der Waals surface area contributed by atoms with Gasteiger partial charge in [0.15, 0.2) is 5.78 Å². The molecule has 1 aliphatic rings. The van der Waals surface area contributed by atoms with Crippen molar-refractivity contribution in [3.8, 4) is 0 Å². The molecule has 70 valence electrons. The van der Waals surface area contributed by atoms with Crippen LogP contribution < -0.4 is 5.32 Å². The van der Waals surface area contributed by atoms with Gasteiger partial charge in [-0.15, -0.1) is 0 Å². The predicted octanol–water partition coefficient (Wildman–Crippen LogP) is 0.786. The highest BCUT2D eigenvalue weighted by atomic mass is 79.9. The lowest BCUT2D eigenvalue weighted by Crippen LogP contribution is -2.21. The molecular weight excluding hydrogens is 234 g/mol. The minimum absolute atomic E-state index is 0.179. The van der Waals surface area contributed by atoms with Crippen molar-refractivity contribution in [3.63, 3.8) is 0 Å². The van der Waals surface area contributed by atoms with E-state index in [-0.39, 0.29) is 11.8 Å². The van der Waals surface area contributed by atoms with Crippen LogP contribution in [0.25, 0.3) is 0 Å². The van der Waals surface area contributed by atoms with Crippen LogP contribution in [0.3, 0.4) is 0 Å². The molecule has 1 aromatic heterocycles. The molecule has 0 amide bonds. The van der Waals surface area contributed by atoms with Crippen LogP contribution >= 0.6 is 15.9 Å². The molecule has 2 rings (SSSR count). The molecule has 1 fully saturated rings. The van der Waals surface area contributed by atoms with Crippen molar-refractivity contribution in [2.75, 3.05) is 6.54 Å². The van der Waals surface area contributed by atoms with Crippen LogP contribution in [-0.4, -0.2) is 22.1 Å². The zero-order chi connectivity index (χ0) is 9.42. The second kappa shape index (κ2) is 3.23. The fraction of sp³-hybridized carbons (Fsp3) is 0.500. The molecule has 1 aromatic rings. The first kappa shape index (κ1) is 8.90. The number of carbonyl (C=O) groups excluding carboxylic acids is 1. The lowest BCUT2D eigenvalue weighted by atomic mass is 10.1. The van der Waals surface area contributed by atoms with Gasteiger partial charge in [0.2, 0.25) is 0 Å². The average Bonchev–Trinajstić information content (AvgIpc) is 2.60. The summed E-state index contributed by atoms with van der Waals surface area (Å²) in [6.45, 7) is 0.765. The summed E-state index contributed by atoms with van der Waals surface area (Å²) in [5.74, 6) is 0.240. The maximum Gasteiger partial charge on any atom is 0.157 e. The van der Waals surface area contributed by atoms with Gasteiger partial charge in [0, 0.05) is 20.0 Å². The van der Waals surface area contributed by atoms with Gasteiger partial charge < -0.3 is 5.32 Å². The molecule has 1 unspecified atom stereocenters. The molecule has 0 spiro atoms. The number of aryl methyl sites for hydroxylation is 1. The van der Waals surface area contributed by atoms with Crippen LogP contribution in [0, 0.1) is 0 Å². The van der Waals surface area contributed by atoms with Crippen LogP contribution in [0.15, 0.2) is 10.7 Å². The van der Waals surface area contributed by atoms with E-state index in [1.807, 2.05) is 7.05 Å². The van der Waals surface area contributed by atoms with Crippen molar-refractivity contribution in [1.82, 2.24) is 15.1 Å². The molecule has 0 radical (unpaired) electrons. The summed E-state index contributed by atoms with van der Waals surface area (Å²) in [7, 11) is 1.84. The van der Waals surface area contributed by atoms with Crippen molar-refractivity contribution in [1.29, 1.82) is 0 Å². The third-order valence-corrected chi connectivity index (χ3v) is 2.86. The summed E-state index contributed by atoms with van der Waals surface area (Å²) in [6.07, 6.45) is 2.32. The molecule has 1 saturated heterocycles. The van der Waals surface area contributed by atoms with E-state index in [1.165, 1.54) is 0 Å². The molecule has 2 heterocycles. The van der Waals surface area contributed by atoms with E-state index in [0.29, 0.717) is 6.42 Å². The van der Waals surface area contributed by atoms with E-state index >= 15 is 0 Å². The third-order valence-electron chi connectivity index (χ3n) is 2.25. The molecule has 0 aromatic carbocycles. The summed E-state index contributed by atoms with van der Waals surface area (Å²) < 4.78 is 2.62. The Labute approximate surface area is 84.4 Å². The smallest absolute Gasteiger partial charge is 0.157 e. The molecule has 0 saturated carbocycles. The number of carbonyl (C=O) groups is 1. The lowest BCUT2D eigenvalue weighted by molar-refractivity contribution is -0.118. The Morgan fingerprint density at radius 3 is 3.00 bits per heavy atom. The van der Waals surface area contributed by atoms with Crippen molar-refractivity contribution in [2.24, 2.45) is 7.05 Å². The van der Waals surface area contributed by atoms with Crippen LogP contribution in [0.5, 0.6) is 0 Å². The zero-order valence-corrected chi connectivity index (χ0v) is 8.84. The SMILES string of the molecule is Cn1ncc(Br)c1C1NCCC1=O. The summed E-state index contributed by atoms with van der Waals surface area (Å²) in [6, 6.07) is -0.179. The topological polar surface area (TPSA) is 46.9 Å². The fourth-order valence-electron chi connectivity index (χ4n) is 1.59. The van der Waals surface area contributed by atoms with Gasteiger partial charge in [-0.2, -0.15) is 5.10 Å². The highest BCUT2D eigenvalue weighted by Gasteiger charge is 2.29. The maximum atomic E-state index is 11.5. The molecule has 5 heteroatoms. The first-order chi connectivity index (χ1) is 6.20. The average molecular weight is 244 g/mol. The van der Waals surface area contributed by atoms with E-state index in [2.05, 4.69) is 26.3 Å². The lowest BCUT2D eigenvalue weighted by Gasteiger charge is -2.09. The van der Waals surface area contributed by atoms with Crippen LogP contribution in [0.4, 0.5) is 0 Å². The van der Waals surface area contributed by atoms with Gasteiger partial charge >= 0.3 is 0 Å². The van der Waals surface area contributed by atoms with E-state index in [1.54, 1.807) is 10.9 Å². The van der Waals surface area contributed by atoms with Gasteiger partial charge in [-0.25, -0.2) is 0 Å². The highest BCUT2D eigenvalue weighted by molar-refractivity contribution is 9.10. The summed E-state index contributed by atoms with van der Waals surface area (Å²) >= 11 is 3.38. The van der Waals surface area contributed by atoms with E-state index in [0.717, 1.165) is 16.7 Å². The van der Waals surface area contributed by atoms with Crippen LogP contribution in [0.2, 0.25) is 0 Å². The number of Topliss-reactive ketones (excluding diaryl/α,β-unsaturated/α-hetero) is 1. The Kier molecular flexibility index (Phi) is 2.21. The maximum absolute atomic E-state index is 11.5. The number of halogens is 1. The van der Waals surface area contributed by atoms with Gasteiger partial charge in [-0.3, -0.25) is 9.48 Å². The summed E-state index contributed by atoms with van der Waals surface area (Å²) in [5.41, 5.74) is 0.919. The largest absolute Gasteiger partial charge is 0.302 e. The van der Waals surface area contributed by atoms with Crippen molar-refractivity contribution < 1.29 is 4.79 Å². The number of hydrogen-bond donors (Lipinski definition) is 1. The number of nitrogens with zero attached hydrogens (tertiary/aromatic N) is 2. The molecule has 0 bridgehead atoms. The van der Waals surface area contributed by atoms with Crippen LogP contribution in [0.1, 0.15) is 18.2 Å². The number of nitrogens with one attached hydrogen (secondary N) is 1. The molecule has 0 aliphatic carbocycles. The second-order valence-electron chi connectivity index (χ2n) is 3.10. The Balaban J connectivity index is 2.39. The number of rotatable bonds is 1. The number of ketones is 1. The van der Waals surface area contributed by atoms with Gasteiger partial charge in [0.25, 0.3) is 0 Å². The molecule has 13 heavy (non-hydrogen) atoms. The molecule has 1 N–H and O–H groups in total. The number of aromatic nitrogens is 2. The quantitative estimate of drug-likeness (QED) is 0.794. The Bertz CT molecular complexity index is 328. The normalized spacial score (nSPS) is 22.6. The molecule has 1 aliphatic heterocycles. The van der Waals surface area contributed by atoms with Crippen molar-refractivity contribution in [3.05, 3.63) is 16.4 Å². The van der Waals surface area contributed by atoms with Crippen molar-refractivity contribution >= 4 is 21.7 Å². The Hall–Kier alpha value is -0.680. The zero-order valence-electron chi connectivity index (χ0n) is 7.25. The van der Waals surface area contributed by atoms with Gasteiger partial charge in [-0.1, -0.05) is 0 Å². The molecular formula is C8H10BrN3O. The molecule has 4 nitrogen and oxygen atoms in total. The molecule has 1 atom stereocenters. The van der Waals surface area contributed by atoms with E-state index in [9.17, 15) is 4.79 Å². The summed E-state index contributed by atoms with van der Waals surface area (Å²) in [4.78, 5) is 11.5.